The van der Waals surface area contributed by atoms with Gasteiger partial charge in [-0.2, -0.15) is 0 Å². The van der Waals surface area contributed by atoms with Crippen LogP contribution in [0.15, 0.2) is 83.8 Å². The standard InChI is InChI=1S/C26H24N2OS2/c1-3-8-23-24(20-15-13-19(14-16-20)18-9-5-4-6-10-18)27-26(31-23)28-25(29)21-11-7-12-22(17-21)30-2/h4-7,9-17H,3,8H2,1-2H3,(H,27,28,29). The van der Waals surface area contributed by atoms with Crippen molar-refractivity contribution in [3.05, 3.63) is 89.3 Å². The zero-order valence-electron chi connectivity index (χ0n) is 17.6. The van der Waals surface area contributed by atoms with Crippen LogP contribution in [0, 0.1) is 0 Å². The quantitative estimate of drug-likeness (QED) is 0.302. The smallest absolute Gasteiger partial charge is 0.257 e. The van der Waals surface area contributed by atoms with E-state index >= 15 is 0 Å². The van der Waals surface area contributed by atoms with Crippen molar-refractivity contribution in [1.82, 2.24) is 4.98 Å². The molecule has 156 valence electrons. The molecule has 0 saturated carbocycles. The van der Waals surface area contributed by atoms with Crippen LogP contribution in [-0.4, -0.2) is 17.1 Å². The Hall–Kier alpha value is -2.89. The Morgan fingerprint density at radius 2 is 1.65 bits per heavy atom. The number of hydrogen-bond donors (Lipinski definition) is 1. The number of carbonyl (C=O) groups is 1. The van der Waals surface area contributed by atoms with Crippen molar-refractivity contribution in [2.24, 2.45) is 0 Å². The molecule has 4 aromatic rings. The van der Waals surface area contributed by atoms with Crippen molar-refractivity contribution in [3.63, 3.8) is 0 Å². The molecule has 1 heterocycles. The number of nitrogens with one attached hydrogen (secondary N) is 1. The Morgan fingerprint density at radius 3 is 2.35 bits per heavy atom. The summed E-state index contributed by atoms with van der Waals surface area (Å²) in [6.07, 6.45) is 3.97. The maximum atomic E-state index is 12.7. The van der Waals surface area contributed by atoms with E-state index in [-0.39, 0.29) is 5.91 Å². The minimum atomic E-state index is -0.126. The second-order valence-corrected chi connectivity index (χ2v) is 9.13. The normalized spacial score (nSPS) is 10.8. The van der Waals surface area contributed by atoms with Gasteiger partial charge in [0.2, 0.25) is 0 Å². The number of carbonyl (C=O) groups excluding carboxylic acids is 1. The van der Waals surface area contributed by atoms with Gasteiger partial charge in [-0.1, -0.05) is 74.0 Å². The van der Waals surface area contributed by atoms with Crippen molar-refractivity contribution in [2.75, 3.05) is 11.6 Å². The average Bonchev–Trinajstić information content (AvgIpc) is 3.22. The van der Waals surface area contributed by atoms with Crippen LogP contribution >= 0.6 is 23.1 Å². The van der Waals surface area contributed by atoms with Gasteiger partial charge >= 0.3 is 0 Å². The molecule has 5 heteroatoms. The van der Waals surface area contributed by atoms with Crippen LogP contribution in [0.25, 0.3) is 22.4 Å². The third-order valence-corrected chi connectivity index (χ3v) is 6.75. The number of benzene rings is 3. The second kappa shape index (κ2) is 9.94. The fourth-order valence-electron chi connectivity index (χ4n) is 3.41. The van der Waals surface area contributed by atoms with E-state index in [4.69, 9.17) is 4.98 Å². The summed E-state index contributed by atoms with van der Waals surface area (Å²) in [5.41, 5.74) is 5.05. The monoisotopic (exact) mass is 444 g/mol. The number of amides is 1. The summed E-state index contributed by atoms with van der Waals surface area (Å²) in [5.74, 6) is -0.126. The molecule has 0 spiro atoms. The highest BCUT2D eigenvalue weighted by Crippen LogP contribution is 2.33. The van der Waals surface area contributed by atoms with Gasteiger partial charge in [-0.25, -0.2) is 4.98 Å². The molecule has 1 N–H and O–H groups in total. The van der Waals surface area contributed by atoms with Crippen molar-refractivity contribution in [2.45, 2.75) is 24.7 Å². The lowest BCUT2D eigenvalue weighted by molar-refractivity contribution is 0.102. The Balaban J connectivity index is 1.59. The second-order valence-electron chi connectivity index (χ2n) is 7.17. The summed E-state index contributed by atoms with van der Waals surface area (Å²) in [6, 6.07) is 26.5. The summed E-state index contributed by atoms with van der Waals surface area (Å²) in [7, 11) is 0. The SMILES string of the molecule is CCCc1sc(NC(=O)c2cccc(SC)c2)nc1-c1ccc(-c2ccccc2)cc1. The molecule has 4 rings (SSSR count). The molecule has 1 aromatic heterocycles. The van der Waals surface area contributed by atoms with Crippen molar-refractivity contribution < 1.29 is 4.79 Å². The zero-order valence-corrected chi connectivity index (χ0v) is 19.2. The van der Waals surface area contributed by atoms with Crippen LogP contribution in [0.5, 0.6) is 0 Å². The molecule has 1 amide bonds. The average molecular weight is 445 g/mol. The lowest BCUT2D eigenvalue weighted by atomic mass is 10.0. The molecule has 0 unspecified atom stereocenters. The summed E-state index contributed by atoms with van der Waals surface area (Å²) in [5, 5.41) is 3.64. The zero-order chi connectivity index (χ0) is 21.6. The Morgan fingerprint density at radius 1 is 0.935 bits per heavy atom. The Kier molecular flexibility index (Phi) is 6.85. The molecule has 0 radical (unpaired) electrons. The van der Waals surface area contributed by atoms with Crippen molar-refractivity contribution >= 4 is 34.1 Å². The molecule has 0 fully saturated rings. The number of rotatable bonds is 7. The van der Waals surface area contributed by atoms with Gasteiger partial charge in [-0.15, -0.1) is 23.1 Å². The maximum Gasteiger partial charge on any atom is 0.257 e. The molecule has 0 saturated heterocycles. The molecular formula is C26H24N2OS2. The number of nitrogens with zero attached hydrogens (tertiary/aromatic N) is 1. The lowest BCUT2D eigenvalue weighted by Crippen LogP contribution is -2.11. The summed E-state index contributed by atoms with van der Waals surface area (Å²) >= 11 is 3.19. The van der Waals surface area contributed by atoms with Crippen molar-refractivity contribution in [3.8, 4) is 22.4 Å². The highest BCUT2D eigenvalue weighted by molar-refractivity contribution is 7.98. The maximum absolute atomic E-state index is 12.7. The molecule has 0 bridgehead atoms. The minimum Gasteiger partial charge on any atom is -0.298 e. The minimum absolute atomic E-state index is 0.126. The van der Waals surface area contributed by atoms with Gasteiger partial charge < -0.3 is 0 Å². The number of thioether (sulfide) groups is 1. The van der Waals surface area contributed by atoms with Crippen LogP contribution in [0.1, 0.15) is 28.6 Å². The van der Waals surface area contributed by atoms with E-state index in [1.54, 1.807) is 23.1 Å². The van der Waals surface area contributed by atoms with E-state index in [2.05, 4.69) is 48.6 Å². The number of thiazole rings is 1. The number of anilines is 1. The van der Waals surface area contributed by atoms with Crippen molar-refractivity contribution in [1.29, 1.82) is 0 Å². The number of aromatic nitrogens is 1. The predicted molar refractivity (Wildman–Crippen MR) is 133 cm³/mol. The Labute approximate surface area is 191 Å². The van der Waals surface area contributed by atoms with Crippen LogP contribution in [0.4, 0.5) is 5.13 Å². The van der Waals surface area contributed by atoms with Gasteiger partial charge in [0.25, 0.3) is 5.91 Å². The van der Waals surface area contributed by atoms with Crippen LogP contribution < -0.4 is 5.32 Å². The van der Waals surface area contributed by atoms with Crippen LogP contribution in [0.2, 0.25) is 0 Å². The summed E-state index contributed by atoms with van der Waals surface area (Å²) in [6.45, 7) is 2.16. The fraction of sp³-hybridized carbons (Fsp3) is 0.154. The van der Waals surface area contributed by atoms with E-state index in [1.807, 2.05) is 48.7 Å². The molecule has 0 aliphatic rings. The van der Waals surface area contributed by atoms with E-state index < -0.39 is 0 Å². The first-order valence-corrected chi connectivity index (χ1v) is 12.3. The van der Waals surface area contributed by atoms with E-state index in [0.29, 0.717) is 10.7 Å². The van der Waals surface area contributed by atoms with Gasteiger partial charge in [-0.05, 0) is 42.0 Å². The highest BCUT2D eigenvalue weighted by atomic mass is 32.2. The summed E-state index contributed by atoms with van der Waals surface area (Å²) < 4.78 is 0. The number of hydrogen-bond acceptors (Lipinski definition) is 4. The lowest BCUT2D eigenvalue weighted by Gasteiger charge is -2.05. The predicted octanol–water partition coefficient (Wildman–Crippen LogP) is 7.40. The third-order valence-electron chi connectivity index (χ3n) is 4.99. The van der Waals surface area contributed by atoms with E-state index in [9.17, 15) is 4.79 Å². The first-order valence-electron chi connectivity index (χ1n) is 10.3. The molecule has 31 heavy (non-hydrogen) atoms. The van der Waals surface area contributed by atoms with Gasteiger partial charge in [-0.3, -0.25) is 10.1 Å². The van der Waals surface area contributed by atoms with E-state index in [0.717, 1.165) is 29.0 Å². The van der Waals surface area contributed by atoms with Gasteiger partial charge in [0, 0.05) is 20.9 Å². The van der Waals surface area contributed by atoms with Gasteiger partial charge in [0.15, 0.2) is 5.13 Å². The number of aryl methyl sites for hydroxylation is 1. The van der Waals surface area contributed by atoms with E-state index in [1.165, 1.54) is 16.0 Å². The van der Waals surface area contributed by atoms with Crippen LogP contribution in [-0.2, 0) is 6.42 Å². The Bertz CT molecular complexity index is 1170. The first-order chi connectivity index (χ1) is 15.2. The van der Waals surface area contributed by atoms with Gasteiger partial charge in [0.1, 0.15) is 0 Å². The molecule has 0 aliphatic heterocycles. The molecule has 3 aromatic carbocycles. The molecular weight excluding hydrogens is 420 g/mol. The molecule has 3 nitrogen and oxygen atoms in total. The fourth-order valence-corrected chi connectivity index (χ4v) is 4.95. The van der Waals surface area contributed by atoms with Gasteiger partial charge in [0.05, 0.1) is 5.69 Å². The topological polar surface area (TPSA) is 42.0 Å². The van der Waals surface area contributed by atoms with Crippen LogP contribution in [0.3, 0.4) is 0 Å². The third kappa shape index (κ3) is 5.06. The highest BCUT2D eigenvalue weighted by Gasteiger charge is 2.15. The largest absolute Gasteiger partial charge is 0.298 e. The summed E-state index contributed by atoms with van der Waals surface area (Å²) in [4.78, 5) is 19.8. The first kappa shape index (κ1) is 21.3. The molecule has 0 atom stereocenters. The molecule has 0 aliphatic carbocycles.